The number of benzene rings is 2. The van der Waals surface area contributed by atoms with Crippen LogP contribution in [0.4, 0.5) is 0 Å². The average Bonchev–Trinajstić information content (AvgIpc) is 2.53. The van der Waals surface area contributed by atoms with Gasteiger partial charge in [0.25, 0.3) is 0 Å². The second-order valence-corrected chi connectivity index (χ2v) is 6.85. The molecule has 0 radical (unpaired) electrons. The average molecular weight is 412 g/mol. The van der Waals surface area contributed by atoms with Crippen molar-refractivity contribution in [2.24, 2.45) is 0 Å². The Bertz CT molecular complexity index is 655. The Morgan fingerprint density at radius 2 is 1.90 bits per heavy atom. The number of methoxy groups -OCH3 is 1. The van der Waals surface area contributed by atoms with Crippen molar-refractivity contribution >= 4 is 31.9 Å². The number of ether oxygens (including phenoxy) is 2. The van der Waals surface area contributed by atoms with Gasteiger partial charge in [0, 0.05) is 0 Å². The highest BCUT2D eigenvalue weighted by Crippen LogP contribution is 2.37. The summed E-state index contributed by atoms with van der Waals surface area (Å²) in [6.07, 6.45) is 2.19. The van der Waals surface area contributed by atoms with Gasteiger partial charge in [0.1, 0.15) is 11.5 Å². The second kappa shape index (κ2) is 6.41. The van der Waals surface area contributed by atoms with E-state index >= 15 is 0 Å². The topological polar surface area (TPSA) is 18.5 Å². The fourth-order valence-electron chi connectivity index (χ4n) is 2.57. The van der Waals surface area contributed by atoms with Gasteiger partial charge in [-0.1, -0.05) is 34.1 Å². The molecule has 3 rings (SSSR count). The van der Waals surface area contributed by atoms with E-state index in [2.05, 4.69) is 62.2 Å². The molecule has 1 unspecified atom stereocenters. The summed E-state index contributed by atoms with van der Waals surface area (Å²) in [5.41, 5.74) is 3.74. The summed E-state index contributed by atoms with van der Waals surface area (Å²) in [5, 5.41) is 0. The molecule has 2 aromatic carbocycles. The molecule has 21 heavy (non-hydrogen) atoms. The van der Waals surface area contributed by atoms with E-state index in [1.165, 1.54) is 16.7 Å². The summed E-state index contributed by atoms with van der Waals surface area (Å²) < 4.78 is 11.9. The molecule has 1 heterocycles. The summed E-state index contributed by atoms with van der Waals surface area (Å²) in [6, 6.07) is 12.6. The molecule has 0 saturated carbocycles. The van der Waals surface area contributed by atoms with Gasteiger partial charge >= 0.3 is 0 Å². The van der Waals surface area contributed by atoms with Crippen LogP contribution >= 0.6 is 31.9 Å². The first-order valence-corrected chi connectivity index (χ1v) is 8.63. The van der Waals surface area contributed by atoms with E-state index in [9.17, 15) is 0 Å². The lowest BCUT2D eigenvalue weighted by molar-refractivity contribution is 0.288. The molecular weight excluding hydrogens is 396 g/mol. The molecule has 0 amide bonds. The molecule has 0 bridgehead atoms. The predicted molar refractivity (Wildman–Crippen MR) is 91.7 cm³/mol. The van der Waals surface area contributed by atoms with Crippen LogP contribution in [0.5, 0.6) is 11.5 Å². The molecule has 1 atom stereocenters. The van der Waals surface area contributed by atoms with E-state index in [4.69, 9.17) is 9.47 Å². The highest BCUT2D eigenvalue weighted by atomic mass is 79.9. The maximum Gasteiger partial charge on any atom is 0.133 e. The molecule has 0 N–H and O–H groups in total. The standard InChI is InChI=1S/C17H16Br2O2/c1-20-16-7-5-13(10-14(16)18)17(19)12-4-6-15-11(9-12)3-2-8-21-15/h4-7,9-10,17H,2-3,8H2,1H3. The van der Waals surface area contributed by atoms with Crippen LogP contribution in [-0.4, -0.2) is 13.7 Å². The fourth-order valence-corrected chi connectivity index (χ4v) is 3.70. The smallest absolute Gasteiger partial charge is 0.133 e. The summed E-state index contributed by atoms with van der Waals surface area (Å²) >= 11 is 7.34. The van der Waals surface area contributed by atoms with E-state index in [0.29, 0.717) is 0 Å². The van der Waals surface area contributed by atoms with Gasteiger partial charge in [0.2, 0.25) is 0 Å². The molecule has 4 heteroatoms. The van der Waals surface area contributed by atoms with E-state index in [0.717, 1.165) is 35.4 Å². The van der Waals surface area contributed by atoms with Crippen LogP contribution in [0, 0.1) is 0 Å². The lowest BCUT2D eigenvalue weighted by atomic mass is 9.99. The molecule has 110 valence electrons. The van der Waals surface area contributed by atoms with Gasteiger partial charge in [-0.15, -0.1) is 0 Å². The number of hydrogen-bond donors (Lipinski definition) is 0. The van der Waals surface area contributed by atoms with Crippen molar-refractivity contribution in [1.29, 1.82) is 0 Å². The third-order valence-electron chi connectivity index (χ3n) is 3.69. The SMILES string of the molecule is COc1ccc(C(Br)c2ccc3c(c2)CCCO3)cc1Br. The van der Waals surface area contributed by atoms with Gasteiger partial charge in [-0.2, -0.15) is 0 Å². The number of halogens is 2. The minimum absolute atomic E-state index is 0.159. The predicted octanol–water partition coefficient (Wildman–Crippen LogP) is 5.27. The largest absolute Gasteiger partial charge is 0.496 e. The first-order valence-electron chi connectivity index (χ1n) is 6.92. The first-order chi connectivity index (χ1) is 10.2. The molecule has 1 aliphatic heterocycles. The summed E-state index contributed by atoms with van der Waals surface area (Å²) in [4.78, 5) is 0.159. The van der Waals surface area contributed by atoms with Gasteiger partial charge in [-0.3, -0.25) is 0 Å². The van der Waals surface area contributed by atoms with Crippen molar-refractivity contribution in [3.8, 4) is 11.5 Å². The van der Waals surface area contributed by atoms with Gasteiger partial charge in [0.05, 0.1) is 23.0 Å². The zero-order valence-corrected chi connectivity index (χ0v) is 14.9. The minimum Gasteiger partial charge on any atom is -0.496 e. The molecule has 0 spiro atoms. The third kappa shape index (κ3) is 3.11. The highest BCUT2D eigenvalue weighted by Gasteiger charge is 2.16. The van der Waals surface area contributed by atoms with E-state index in [1.54, 1.807) is 7.11 Å². The Balaban J connectivity index is 1.91. The Kier molecular flexibility index (Phi) is 4.55. The molecular formula is C17H16Br2O2. The molecule has 2 aromatic rings. The van der Waals surface area contributed by atoms with Crippen molar-refractivity contribution in [2.45, 2.75) is 17.7 Å². The summed E-state index contributed by atoms with van der Waals surface area (Å²) in [5.74, 6) is 1.87. The zero-order chi connectivity index (χ0) is 14.8. The number of alkyl halides is 1. The summed E-state index contributed by atoms with van der Waals surface area (Å²) in [6.45, 7) is 0.829. The molecule has 0 aliphatic carbocycles. The van der Waals surface area contributed by atoms with E-state index in [-0.39, 0.29) is 4.83 Å². The van der Waals surface area contributed by atoms with Crippen LogP contribution in [0.25, 0.3) is 0 Å². The Morgan fingerprint density at radius 3 is 2.67 bits per heavy atom. The normalized spacial score (nSPS) is 15.0. The minimum atomic E-state index is 0.159. The van der Waals surface area contributed by atoms with Crippen LogP contribution < -0.4 is 9.47 Å². The van der Waals surface area contributed by atoms with Gasteiger partial charge in [-0.25, -0.2) is 0 Å². The van der Waals surface area contributed by atoms with Crippen molar-refractivity contribution in [3.63, 3.8) is 0 Å². The van der Waals surface area contributed by atoms with E-state index < -0.39 is 0 Å². The number of rotatable bonds is 3. The van der Waals surface area contributed by atoms with Gasteiger partial charge in [0.15, 0.2) is 0 Å². The molecule has 2 nitrogen and oxygen atoms in total. The summed E-state index contributed by atoms with van der Waals surface area (Å²) in [7, 11) is 1.68. The van der Waals surface area contributed by atoms with E-state index in [1.807, 2.05) is 6.07 Å². The van der Waals surface area contributed by atoms with Crippen LogP contribution in [0.15, 0.2) is 40.9 Å². The first kappa shape index (κ1) is 14.9. The third-order valence-corrected chi connectivity index (χ3v) is 5.37. The zero-order valence-electron chi connectivity index (χ0n) is 11.7. The molecule has 0 aromatic heterocycles. The van der Waals surface area contributed by atoms with Crippen molar-refractivity contribution in [2.75, 3.05) is 13.7 Å². The lowest BCUT2D eigenvalue weighted by Gasteiger charge is -2.20. The maximum absolute atomic E-state index is 5.67. The van der Waals surface area contributed by atoms with Gasteiger partial charge < -0.3 is 9.47 Å². The van der Waals surface area contributed by atoms with Crippen LogP contribution in [0.2, 0.25) is 0 Å². The van der Waals surface area contributed by atoms with Crippen molar-refractivity contribution in [3.05, 3.63) is 57.6 Å². The Hall–Kier alpha value is -1.00. The monoisotopic (exact) mass is 410 g/mol. The van der Waals surface area contributed by atoms with Crippen LogP contribution in [-0.2, 0) is 6.42 Å². The lowest BCUT2D eigenvalue weighted by Crippen LogP contribution is -2.08. The maximum atomic E-state index is 5.67. The van der Waals surface area contributed by atoms with Crippen molar-refractivity contribution < 1.29 is 9.47 Å². The number of aryl methyl sites for hydroxylation is 1. The fraction of sp³-hybridized carbons (Fsp3) is 0.294. The molecule has 0 fully saturated rings. The molecule has 0 saturated heterocycles. The number of fused-ring (bicyclic) bond motifs is 1. The quantitative estimate of drug-likeness (QED) is 0.640. The second-order valence-electron chi connectivity index (χ2n) is 5.08. The van der Waals surface area contributed by atoms with Crippen molar-refractivity contribution in [1.82, 2.24) is 0 Å². The Morgan fingerprint density at radius 1 is 1.14 bits per heavy atom. The van der Waals surface area contributed by atoms with Crippen LogP contribution in [0.1, 0.15) is 27.9 Å². The van der Waals surface area contributed by atoms with Crippen LogP contribution in [0.3, 0.4) is 0 Å². The Labute approximate surface area is 141 Å². The number of hydrogen-bond acceptors (Lipinski definition) is 2. The highest BCUT2D eigenvalue weighted by molar-refractivity contribution is 9.10. The van der Waals surface area contributed by atoms with Gasteiger partial charge in [-0.05, 0) is 63.7 Å². The molecule has 1 aliphatic rings.